The molecule has 1 aromatic heterocycles. The van der Waals surface area contributed by atoms with Crippen molar-refractivity contribution >= 4 is 28.9 Å². The molecule has 132 valence electrons. The van der Waals surface area contributed by atoms with Crippen LogP contribution in [0.2, 0.25) is 4.34 Å². The number of rotatable bonds is 3. The molecule has 0 aromatic carbocycles. The van der Waals surface area contributed by atoms with Crippen molar-refractivity contribution in [2.24, 2.45) is 11.8 Å². The Morgan fingerprint density at radius 3 is 3.17 bits per heavy atom. The number of hydrogen-bond donors (Lipinski definition) is 1. The first-order valence-corrected chi connectivity index (χ1v) is 10.1. The van der Waals surface area contributed by atoms with Crippen LogP contribution in [0.25, 0.3) is 0 Å². The van der Waals surface area contributed by atoms with Gasteiger partial charge in [-0.25, -0.2) is 0 Å². The molecule has 1 aliphatic carbocycles. The Kier molecular flexibility index (Phi) is 4.40. The summed E-state index contributed by atoms with van der Waals surface area (Å²) in [4.78, 5) is 13.3. The van der Waals surface area contributed by atoms with Crippen molar-refractivity contribution < 1.29 is 14.3 Å². The van der Waals surface area contributed by atoms with Crippen LogP contribution in [0.4, 0.5) is 0 Å². The Hall–Kier alpha value is -0.620. The number of hydrogen-bond acceptors (Lipinski definition) is 5. The van der Waals surface area contributed by atoms with Crippen LogP contribution in [-0.2, 0) is 26.3 Å². The summed E-state index contributed by atoms with van der Waals surface area (Å²) in [6, 6.07) is 2.76. The van der Waals surface area contributed by atoms with Crippen molar-refractivity contribution in [3.8, 4) is 0 Å². The van der Waals surface area contributed by atoms with Crippen LogP contribution in [0.1, 0.15) is 43.6 Å². The second-order valence-corrected chi connectivity index (χ2v) is 9.02. The number of esters is 1. The van der Waals surface area contributed by atoms with Crippen molar-refractivity contribution in [2.45, 2.75) is 57.2 Å². The summed E-state index contributed by atoms with van der Waals surface area (Å²) in [5.41, 5.74) is 1.12. The van der Waals surface area contributed by atoms with Gasteiger partial charge in [0.1, 0.15) is 5.60 Å². The lowest BCUT2D eigenvalue weighted by atomic mass is 9.78. The summed E-state index contributed by atoms with van der Waals surface area (Å²) in [6.45, 7) is 5.29. The number of halogens is 1. The van der Waals surface area contributed by atoms with E-state index < -0.39 is 0 Å². The van der Waals surface area contributed by atoms with E-state index in [9.17, 15) is 4.79 Å². The fourth-order valence-corrected chi connectivity index (χ4v) is 6.03. The number of carbonyl (C=O) groups excluding carboxylic acids is 1. The van der Waals surface area contributed by atoms with E-state index in [1.54, 1.807) is 11.3 Å². The zero-order chi connectivity index (χ0) is 16.9. The molecule has 0 amide bonds. The smallest absolute Gasteiger partial charge is 0.309 e. The topological polar surface area (TPSA) is 47.6 Å². The van der Waals surface area contributed by atoms with Crippen LogP contribution in [-0.4, -0.2) is 31.3 Å². The third kappa shape index (κ3) is 2.90. The van der Waals surface area contributed by atoms with Crippen LogP contribution in [0, 0.1) is 11.8 Å². The number of ether oxygens (including phenoxy) is 2. The minimum Gasteiger partial charge on any atom is -0.466 e. The molecule has 1 saturated carbocycles. The van der Waals surface area contributed by atoms with Crippen LogP contribution in [0.3, 0.4) is 0 Å². The Bertz CT molecular complexity index is 648. The fourth-order valence-electron chi connectivity index (χ4n) is 4.56. The maximum absolute atomic E-state index is 12.0. The molecule has 3 heterocycles. The van der Waals surface area contributed by atoms with Gasteiger partial charge in [-0.3, -0.25) is 4.79 Å². The molecule has 1 spiro atoms. The predicted octanol–water partition coefficient (Wildman–Crippen LogP) is 3.51. The zero-order valence-corrected chi connectivity index (χ0v) is 15.7. The van der Waals surface area contributed by atoms with Gasteiger partial charge in [0.25, 0.3) is 0 Å². The van der Waals surface area contributed by atoms with Crippen molar-refractivity contribution in [3.63, 3.8) is 0 Å². The SMILES string of the molecule is CCOC(=O)C1CC1C1C[C@]2(C[C@H](C)N1)OCCc1cc(Cl)sc12. The van der Waals surface area contributed by atoms with Gasteiger partial charge in [0.05, 0.1) is 23.5 Å². The van der Waals surface area contributed by atoms with E-state index in [1.807, 2.05) is 6.92 Å². The van der Waals surface area contributed by atoms with Crippen molar-refractivity contribution in [1.82, 2.24) is 5.32 Å². The van der Waals surface area contributed by atoms with E-state index in [1.165, 1.54) is 10.4 Å². The normalized spacial score (nSPS) is 38.0. The lowest BCUT2D eigenvalue weighted by Crippen LogP contribution is -2.54. The van der Waals surface area contributed by atoms with Gasteiger partial charge >= 0.3 is 5.97 Å². The molecule has 4 nitrogen and oxygen atoms in total. The Morgan fingerprint density at radius 1 is 1.54 bits per heavy atom. The van der Waals surface area contributed by atoms with Gasteiger partial charge in [0, 0.05) is 17.0 Å². The molecule has 5 atom stereocenters. The first kappa shape index (κ1) is 16.8. The molecular weight excluding hydrogens is 346 g/mol. The fraction of sp³-hybridized carbons (Fsp3) is 0.722. The number of carbonyl (C=O) groups is 1. The quantitative estimate of drug-likeness (QED) is 0.828. The minimum atomic E-state index is -0.234. The predicted molar refractivity (Wildman–Crippen MR) is 94.5 cm³/mol. The first-order valence-electron chi connectivity index (χ1n) is 8.88. The van der Waals surface area contributed by atoms with Gasteiger partial charge in [-0.2, -0.15) is 0 Å². The first-order chi connectivity index (χ1) is 11.5. The number of piperidine rings is 1. The molecular formula is C18H24ClNO3S. The molecule has 0 bridgehead atoms. The summed E-state index contributed by atoms with van der Waals surface area (Å²) in [5.74, 6) is 0.383. The van der Waals surface area contributed by atoms with Crippen molar-refractivity contribution in [1.29, 1.82) is 0 Å². The molecule has 4 rings (SSSR count). The molecule has 3 aliphatic rings. The highest BCUT2D eigenvalue weighted by Crippen LogP contribution is 2.52. The monoisotopic (exact) mass is 369 g/mol. The molecule has 1 N–H and O–H groups in total. The Balaban J connectivity index is 1.55. The Morgan fingerprint density at radius 2 is 2.38 bits per heavy atom. The highest BCUT2D eigenvalue weighted by atomic mass is 35.5. The minimum absolute atomic E-state index is 0.0407. The second kappa shape index (κ2) is 6.27. The summed E-state index contributed by atoms with van der Waals surface area (Å²) in [6.07, 6.45) is 3.75. The second-order valence-electron chi connectivity index (χ2n) is 7.34. The summed E-state index contributed by atoms with van der Waals surface area (Å²) in [7, 11) is 0. The third-order valence-corrected chi connectivity index (χ3v) is 7.06. The third-order valence-electron chi connectivity index (χ3n) is 5.57. The average Bonchev–Trinajstić information content (AvgIpc) is 3.23. The van der Waals surface area contributed by atoms with Crippen molar-refractivity contribution in [2.75, 3.05) is 13.2 Å². The van der Waals surface area contributed by atoms with Gasteiger partial charge in [-0.1, -0.05) is 11.6 Å². The lowest BCUT2D eigenvalue weighted by molar-refractivity contribution is -0.145. The highest BCUT2D eigenvalue weighted by molar-refractivity contribution is 7.16. The van der Waals surface area contributed by atoms with E-state index in [-0.39, 0.29) is 17.5 Å². The van der Waals surface area contributed by atoms with Crippen LogP contribution >= 0.6 is 22.9 Å². The summed E-state index contributed by atoms with van der Waals surface area (Å²) >= 11 is 7.95. The maximum Gasteiger partial charge on any atom is 0.309 e. The number of fused-ring (bicyclic) bond motifs is 2. The molecule has 1 aromatic rings. The van der Waals surface area contributed by atoms with Gasteiger partial charge in [-0.15, -0.1) is 11.3 Å². The molecule has 2 fully saturated rings. The van der Waals surface area contributed by atoms with E-state index in [0.717, 1.165) is 36.6 Å². The maximum atomic E-state index is 12.0. The molecule has 0 radical (unpaired) electrons. The van der Waals surface area contributed by atoms with E-state index in [2.05, 4.69) is 18.3 Å². The van der Waals surface area contributed by atoms with Crippen LogP contribution in [0.15, 0.2) is 6.07 Å². The standard InChI is InChI=1S/C18H24ClNO3S/c1-3-22-17(21)13-7-12(13)14-9-18(8-10(2)20-14)16-11(4-5-23-18)6-15(19)24-16/h6,10,12-14,20H,3-5,7-9H2,1-2H3/t10-,12?,13?,14?,18-/m0/s1. The molecule has 24 heavy (non-hydrogen) atoms. The number of nitrogens with one attached hydrogen (secondary N) is 1. The molecule has 1 saturated heterocycles. The zero-order valence-electron chi connectivity index (χ0n) is 14.1. The molecule has 2 aliphatic heterocycles. The van der Waals surface area contributed by atoms with E-state index >= 15 is 0 Å². The Labute approximate surface area is 151 Å². The van der Waals surface area contributed by atoms with Gasteiger partial charge < -0.3 is 14.8 Å². The van der Waals surface area contributed by atoms with Crippen molar-refractivity contribution in [3.05, 3.63) is 20.8 Å². The van der Waals surface area contributed by atoms with Gasteiger partial charge in [-0.05, 0) is 57.1 Å². The largest absolute Gasteiger partial charge is 0.466 e. The average molecular weight is 370 g/mol. The molecule has 6 heteroatoms. The summed E-state index contributed by atoms with van der Waals surface area (Å²) in [5, 5.41) is 3.70. The molecule has 3 unspecified atom stereocenters. The summed E-state index contributed by atoms with van der Waals surface area (Å²) < 4.78 is 12.4. The van der Waals surface area contributed by atoms with Crippen LogP contribution in [0.5, 0.6) is 0 Å². The van der Waals surface area contributed by atoms with E-state index in [0.29, 0.717) is 24.6 Å². The van der Waals surface area contributed by atoms with E-state index in [4.69, 9.17) is 21.1 Å². The lowest BCUT2D eigenvalue weighted by Gasteiger charge is -2.46. The highest BCUT2D eigenvalue weighted by Gasteiger charge is 2.54. The van der Waals surface area contributed by atoms with Gasteiger partial charge in [0.2, 0.25) is 0 Å². The van der Waals surface area contributed by atoms with Gasteiger partial charge in [0.15, 0.2) is 0 Å². The number of thiophene rings is 1. The van der Waals surface area contributed by atoms with Crippen LogP contribution < -0.4 is 5.32 Å².